The van der Waals surface area contributed by atoms with Crippen LogP contribution in [0.15, 0.2) is 41.1 Å². The average Bonchev–Trinajstić information content (AvgIpc) is 2.91. The fourth-order valence-electron chi connectivity index (χ4n) is 2.00. The second kappa shape index (κ2) is 7.01. The molecule has 0 aliphatic carbocycles. The van der Waals surface area contributed by atoms with Gasteiger partial charge < -0.3 is 16.0 Å². The lowest BCUT2D eigenvalue weighted by molar-refractivity contribution is -0.885. The number of hydrogen-bond donors (Lipinski definition) is 3. The van der Waals surface area contributed by atoms with E-state index in [2.05, 4.69) is 16.8 Å². The number of likely N-dealkylation sites (N-methyl/N-ethyl adjacent to an activating group) is 1. The molecule has 0 radical (unpaired) electrons. The number of nitrogens with one attached hydrogen (secondary N) is 2. The largest absolute Gasteiger partial charge is 0.366 e. The first-order valence-electron chi connectivity index (χ1n) is 6.56. The molecule has 1 aromatic carbocycles. The molecule has 5 nitrogen and oxygen atoms in total. The van der Waals surface area contributed by atoms with E-state index in [4.69, 9.17) is 5.73 Å². The molecule has 2 rings (SSSR count). The Balaban J connectivity index is 1.84. The molecule has 4 N–H and O–H groups in total. The summed E-state index contributed by atoms with van der Waals surface area (Å²) in [6.45, 7) is 1.20. The van der Waals surface area contributed by atoms with Crippen molar-refractivity contribution in [2.75, 3.05) is 18.9 Å². The lowest BCUT2D eigenvalue weighted by Crippen LogP contribution is -3.08. The monoisotopic (exact) mass is 304 g/mol. The Kier molecular flexibility index (Phi) is 5.08. The van der Waals surface area contributed by atoms with Gasteiger partial charge in [-0.1, -0.05) is 0 Å². The lowest BCUT2D eigenvalue weighted by Gasteiger charge is -2.13. The highest BCUT2D eigenvalue weighted by molar-refractivity contribution is 7.07. The Morgan fingerprint density at radius 1 is 1.24 bits per heavy atom. The smallest absolute Gasteiger partial charge is 0.279 e. The summed E-state index contributed by atoms with van der Waals surface area (Å²) in [5.41, 5.74) is 7.48. The van der Waals surface area contributed by atoms with Gasteiger partial charge in [0.05, 0.1) is 7.05 Å². The van der Waals surface area contributed by atoms with Crippen molar-refractivity contribution in [2.45, 2.75) is 6.54 Å². The summed E-state index contributed by atoms with van der Waals surface area (Å²) in [4.78, 5) is 24.0. The van der Waals surface area contributed by atoms with Crippen molar-refractivity contribution in [1.29, 1.82) is 0 Å². The maximum atomic E-state index is 11.9. The van der Waals surface area contributed by atoms with E-state index in [1.54, 1.807) is 35.6 Å². The maximum Gasteiger partial charge on any atom is 0.279 e. The number of anilines is 1. The highest BCUT2D eigenvalue weighted by atomic mass is 32.1. The minimum atomic E-state index is -0.479. The summed E-state index contributed by atoms with van der Waals surface area (Å²) in [6.07, 6.45) is 0. The Hall–Kier alpha value is -2.18. The Morgan fingerprint density at radius 2 is 1.95 bits per heavy atom. The highest BCUT2D eigenvalue weighted by Crippen LogP contribution is 2.08. The summed E-state index contributed by atoms with van der Waals surface area (Å²) < 4.78 is 0. The van der Waals surface area contributed by atoms with E-state index in [1.807, 2.05) is 12.4 Å². The van der Waals surface area contributed by atoms with E-state index < -0.39 is 5.91 Å². The lowest BCUT2D eigenvalue weighted by atomic mass is 10.2. The van der Waals surface area contributed by atoms with E-state index in [-0.39, 0.29) is 5.91 Å². The third kappa shape index (κ3) is 4.70. The summed E-state index contributed by atoms with van der Waals surface area (Å²) in [7, 11) is 1.98. The van der Waals surface area contributed by atoms with Crippen LogP contribution >= 0.6 is 11.3 Å². The molecule has 110 valence electrons. The molecule has 6 heteroatoms. The zero-order chi connectivity index (χ0) is 15.2. The number of quaternary nitrogens is 1. The minimum absolute atomic E-state index is 0.0606. The predicted molar refractivity (Wildman–Crippen MR) is 83.4 cm³/mol. The van der Waals surface area contributed by atoms with E-state index in [0.29, 0.717) is 17.8 Å². The van der Waals surface area contributed by atoms with Crippen LogP contribution < -0.4 is 16.0 Å². The van der Waals surface area contributed by atoms with E-state index >= 15 is 0 Å². The summed E-state index contributed by atoms with van der Waals surface area (Å²) >= 11 is 1.66. The molecule has 2 aromatic rings. The maximum absolute atomic E-state index is 11.9. The van der Waals surface area contributed by atoms with Crippen LogP contribution in [0.1, 0.15) is 15.9 Å². The summed E-state index contributed by atoms with van der Waals surface area (Å²) in [5.74, 6) is -0.539. The molecule has 1 unspecified atom stereocenters. The number of rotatable bonds is 6. The molecule has 2 amide bonds. The van der Waals surface area contributed by atoms with Gasteiger partial charge in [0.2, 0.25) is 5.91 Å². The summed E-state index contributed by atoms with van der Waals surface area (Å²) in [5, 5.41) is 6.93. The van der Waals surface area contributed by atoms with Crippen LogP contribution in [-0.4, -0.2) is 25.4 Å². The number of nitrogens with two attached hydrogens (primary N) is 1. The molecule has 1 heterocycles. The second-order valence-electron chi connectivity index (χ2n) is 4.93. The molecule has 1 atom stereocenters. The second-order valence-corrected chi connectivity index (χ2v) is 5.71. The van der Waals surface area contributed by atoms with Gasteiger partial charge >= 0.3 is 0 Å². The van der Waals surface area contributed by atoms with E-state index in [1.165, 1.54) is 5.56 Å². The van der Waals surface area contributed by atoms with Gasteiger partial charge in [0.15, 0.2) is 6.54 Å². The van der Waals surface area contributed by atoms with Crippen LogP contribution in [-0.2, 0) is 11.3 Å². The molecule has 0 aliphatic heterocycles. The van der Waals surface area contributed by atoms with Crippen LogP contribution in [0.5, 0.6) is 0 Å². The number of hydrogen-bond acceptors (Lipinski definition) is 3. The van der Waals surface area contributed by atoms with Gasteiger partial charge in [0.25, 0.3) is 5.91 Å². The zero-order valence-electron chi connectivity index (χ0n) is 11.8. The fraction of sp³-hybridized carbons (Fsp3) is 0.200. The minimum Gasteiger partial charge on any atom is -0.366 e. The van der Waals surface area contributed by atoms with Crippen molar-refractivity contribution in [1.82, 2.24) is 0 Å². The van der Waals surface area contributed by atoms with E-state index in [9.17, 15) is 9.59 Å². The zero-order valence-corrected chi connectivity index (χ0v) is 12.6. The molecule has 0 fully saturated rings. The third-order valence-corrected chi connectivity index (χ3v) is 3.73. The standard InChI is InChI=1S/C15H17N3O2S/c1-18(8-11-6-7-21-10-11)9-14(19)17-13-4-2-12(3-5-13)15(16)20/h2-7,10H,8-9H2,1H3,(H2,16,20)(H,17,19)/p+1. The van der Waals surface area contributed by atoms with Gasteiger partial charge in [-0.15, -0.1) is 0 Å². The van der Waals surface area contributed by atoms with Gasteiger partial charge in [0, 0.05) is 16.8 Å². The molecular formula is C15H18N3O2S+. The Bertz CT molecular complexity index is 608. The topological polar surface area (TPSA) is 76.6 Å². The van der Waals surface area contributed by atoms with Gasteiger partial charge in [-0.05, 0) is 41.1 Å². The van der Waals surface area contributed by atoms with Crippen LogP contribution in [0, 0.1) is 0 Å². The fourth-order valence-corrected chi connectivity index (χ4v) is 2.67. The normalized spacial score (nSPS) is 11.9. The molecule has 0 bridgehead atoms. The van der Waals surface area contributed by atoms with Crippen molar-refractivity contribution < 1.29 is 14.5 Å². The van der Waals surface area contributed by atoms with Crippen molar-refractivity contribution in [3.05, 3.63) is 52.2 Å². The van der Waals surface area contributed by atoms with Crippen LogP contribution in [0.25, 0.3) is 0 Å². The van der Waals surface area contributed by atoms with Crippen molar-refractivity contribution in [2.24, 2.45) is 5.73 Å². The summed E-state index contributed by atoms with van der Waals surface area (Å²) in [6, 6.07) is 8.60. The molecule has 21 heavy (non-hydrogen) atoms. The third-order valence-electron chi connectivity index (χ3n) is 3.00. The number of carbonyl (C=O) groups is 2. The molecular weight excluding hydrogens is 286 g/mol. The number of carbonyl (C=O) groups excluding carboxylic acids is 2. The van der Waals surface area contributed by atoms with Gasteiger partial charge in [-0.3, -0.25) is 9.59 Å². The number of primary amides is 1. The molecule has 0 spiro atoms. The molecule has 0 saturated carbocycles. The Morgan fingerprint density at radius 3 is 2.52 bits per heavy atom. The highest BCUT2D eigenvalue weighted by Gasteiger charge is 2.11. The quantitative estimate of drug-likeness (QED) is 0.727. The Labute approximate surface area is 127 Å². The van der Waals surface area contributed by atoms with Gasteiger partial charge in [0.1, 0.15) is 6.54 Å². The van der Waals surface area contributed by atoms with E-state index in [0.717, 1.165) is 11.4 Å². The first kappa shape index (κ1) is 15.2. The molecule has 1 aromatic heterocycles. The first-order chi connectivity index (χ1) is 10.0. The van der Waals surface area contributed by atoms with Crippen LogP contribution in [0.2, 0.25) is 0 Å². The van der Waals surface area contributed by atoms with Crippen LogP contribution in [0.3, 0.4) is 0 Å². The van der Waals surface area contributed by atoms with Gasteiger partial charge in [-0.25, -0.2) is 0 Å². The van der Waals surface area contributed by atoms with Gasteiger partial charge in [-0.2, -0.15) is 11.3 Å². The number of amides is 2. The molecule has 0 aliphatic rings. The van der Waals surface area contributed by atoms with Crippen molar-refractivity contribution >= 4 is 28.8 Å². The van der Waals surface area contributed by atoms with Crippen molar-refractivity contribution in [3.63, 3.8) is 0 Å². The first-order valence-corrected chi connectivity index (χ1v) is 7.51. The predicted octanol–water partition coefficient (Wildman–Crippen LogP) is 0.500. The van der Waals surface area contributed by atoms with Crippen LogP contribution in [0.4, 0.5) is 5.69 Å². The number of thiophene rings is 1. The number of benzene rings is 1. The average molecular weight is 304 g/mol. The SMILES string of the molecule is C[NH+](CC(=O)Nc1ccc(C(N)=O)cc1)Cc1ccsc1. The molecule has 0 saturated heterocycles. The van der Waals surface area contributed by atoms with Crippen molar-refractivity contribution in [3.8, 4) is 0 Å².